The third kappa shape index (κ3) is 3.45. The quantitative estimate of drug-likeness (QED) is 0.792. The number of rotatable bonds is 5. The standard InChI is InChI=1S/C14H17N3O/c1-11-13(18)10-16-14(17-11)15-9-5-8-12-6-3-2-4-7-12/h2-4,6-7,10,18H,5,8-9H2,1H3,(H,15,16,17). The van der Waals surface area contributed by atoms with Crippen LogP contribution in [0.1, 0.15) is 17.7 Å². The van der Waals surface area contributed by atoms with Crippen molar-refractivity contribution in [3.63, 3.8) is 0 Å². The summed E-state index contributed by atoms with van der Waals surface area (Å²) in [5.74, 6) is 0.697. The van der Waals surface area contributed by atoms with Gasteiger partial charge in [-0.2, -0.15) is 0 Å². The molecule has 0 bridgehead atoms. The average molecular weight is 243 g/mol. The number of nitrogens with one attached hydrogen (secondary N) is 1. The number of nitrogens with zero attached hydrogens (tertiary/aromatic N) is 2. The molecule has 0 saturated heterocycles. The van der Waals surface area contributed by atoms with E-state index >= 15 is 0 Å². The molecule has 0 aliphatic rings. The predicted molar refractivity (Wildman–Crippen MR) is 71.7 cm³/mol. The van der Waals surface area contributed by atoms with E-state index in [-0.39, 0.29) is 5.75 Å². The van der Waals surface area contributed by atoms with Crippen LogP contribution in [0.15, 0.2) is 36.5 Å². The fourth-order valence-electron chi connectivity index (χ4n) is 1.68. The Morgan fingerprint density at radius 3 is 2.72 bits per heavy atom. The van der Waals surface area contributed by atoms with E-state index in [9.17, 15) is 5.11 Å². The van der Waals surface area contributed by atoms with Gasteiger partial charge in [-0.1, -0.05) is 30.3 Å². The molecule has 0 unspecified atom stereocenters. The lowest BCUT2D eigenvalue weighted by atomic mass is 10.1. The minimum atomic E-state index is 0.129. The monoisotopic (exact) mass is 243 g/mol. The zero-order valence-electron chi connectivity index (χ0n) is 10.4. The summed E-state index contributed by atoms with van der Waals surface area (Å²) in [6.45, 7) is 2.57. The second-order valence-electron chi connectivity index (χ2n) is 4.18. The largest absolute Gasteiger partial charge is 0.504 e. The number of aryl methyl sites for hydroxylation is 2. The smallest absolute Gasteiger partial charge is 0.223 e. The van der Waals surface area contributed by atoms with E-state index in [1.807, 2.05) is 6.07 Å². The lowest BCUT2D eigenvalue weighted by Gasteiger charge is -2.06. The van der Waals surface area contributed by atoms with Crippen LogP contribution in [0.4, 0.5) is 5.95 Å². The van der Waals surface area contributed by atoms with Crippen molar-refractivity contribution in [3.8, 4) is 5.75 Å². The van der Waals surface area contributed by atoms with E-state index in [0.29, 0.717) is 11.6 Å². The lowest BCUT2D eigenvalue weighted by Crippen LogP contribution is -2.06. The van der Waals surface area contributed by atoms with Crippen LogP contribution < -0.4 is 5.32 Å². The Morgan fingerprint density at radius 2 is 2.00 bits per heavy atom. The number of aromatic hydroxyl groups is 1. The summed E-state index contributed by atoms with van der Waals surface area (Å²) in [7, 11) is 0. The molecule has 0 saturated carbocycles. The Kier molecular flexibility index (Phi) is 4.12. The van der Waals surface area contributed by atoms with Gasteiger partial charge in [-0.15, -0.1) is 0 Å². The number of anilines is 1. The summed E-state index contributed by atoms with van der Waals surface area (Å²) in [5.41, 5.74) is 1.93. The van der Waals surface area contributed by atoms with Crippen molar-refractivity contribution in [2.75, 3.05) is 11.9 Å². The topological polar surface area (TPSA) is 58.0 Å². The molecule has 0 amide bonds. The van der Waals surface area contributed by atoms with E-state index in [1.54, 1.807) is 6.92 Å². The molecule has 1 heterocycles. The third-order valence-electron chi connectivity index (χ3n) is 2.72. The maximum Gasteiger partial charge on any atom is 0.223 e. The summed E-state index contributed by atoms with van der Waals surface area (Å²) in [5, 5.41) is 12.5. The first-order valence-electron chi connectivity index (χ1n) is 6.06. The van der Waals surface area contributed by atoms with Crippen LogP contribution in [0.3, 0.4) is 0 Å². The van der Waals surface area contributed by atoms with E-state index in [0.717, 1.165) is 19.4 Å². The molecule has 1 aromatic carbocycles. The van der Waals surface area contributed by atoms with Gasteiger partial charge in [-0.3, -0.25) is 0 Å². The molecule has 2 aromatic rings. The SMILES string of the molecule is Cc1nc(NCCCc2ccccc2)ncc1O. The maximum atomic E-state index is 9.31. The first kappa shape index (κ1) is 12.4. The molecule has 0 spiro atoms. The zero-order valence-corrected chi connectivity index (χ0v) is 10.4. The minimum Gasteiger partial charge on any atom is -0.504 e. The molecule has 0 radical (unpaired) electrons. The van der Waals surface area contributed by atoms with Crippen molar-refractivity contribution in [1.29, 1.82) is 0 Å². The Balaban J connectivity index is 1.77. The molecule has 1 aromatic heterocycles. The number of aromatic nitrogens is 2. The predicted octanol–water partition coefficient (Wildman–Crippen LogP) is 2.54. The molecule has 4 heteroatoms. The van der Waals surface area contributed by atoms with Gasteiger partial charge in [0.25, 0.3) is 0 Å². The molecule has 4 nitrogen and oxygen atoms in total. The highest BCUT2D eigenvalue weighted by molar-refractivity contribution is 5.31. The van der Waals surface area contributed by atoms with Gasteiger partial charge in [0.1, 0.15) is 0 Å². The van der Waals surface area contributed by atoms with Crippen molar-refractivity contribution in [3.05, 3.63) is 47.8 Å². The highest BCUT2D eigenvalue weighted by atomic mass is 16.3. The highest BCUT2D eigenvalue weighted by Crippen LogP contribution is 2.12. The number of benzene rings is 1. The average Bonchev–Trinajstić information content (AvgIpc) is 2.40. The Labute approximate surface area is 107 Å². The summed E-state index contributed by atoms with van der Waals surface area (Å²) >= 11 is 0. The highest BCUT2D eigenvalue weighted by Gasteiger charge is 2.00. The summed E-state index contributed by atoms with van der Waals surface area (Å²) in [4.78, 5) is 8.16. The Morgan fingerprint density at radius 1 is 1.22 bits per heavy atom. The fraction of sp³-hybridized carbons (Fsp3) is 0.286. The van der Waals surface area contributed by atoms with Crippen molar-refractivity contribution in [2.45, 2.75) is 19.8 Å². The molecular formula is C14H17N3O. The van der Waals surface area contributed by atoms with Gasteiger partial charge >= 0.3 is 0 Å². The molecule has 0 aliphatic heterocycles. The van der Waals surface area contributed by atoms with Crippen LogP contribution in [0.25, 0.3) is 0 Å². The number of hydrogen-bond acceptors (Lipinski definition) is 4. The van der Waals surface area contributed by atoms with Crippen LogP contribution in [0.2, 0.25) is 0 Å². The van der Waals surface area contributed by atoms with E-state index in [2.05, 4.69) is 39.6 Å². The van der Waals surface area contributed by atoms with Gasteiger partial charge in [0.05, 0.1) is 11.9 Å². The molecule has 2 N–H and O–H groups in total. The maximum absolute atomic E-state index is 9.31. The van der Waals surface area contributed by atoms with Crippen molar-refractivity contribution >= 4 is 5.95 Å². The van der Waals surface area contributed by atoms with E-state index < -0.39 is 0 Å². The molecule has 0 aliphatic carbocycles. The molecule has 2 rings (SSSR count). The lowest BCUT2D eigenvalue weighted by molar-refractivity contribution is 0.464. The van der Waals surface area contributed by atoms with Crippen LogP contribution >= 0.6 is 0 Å². The summed E-state index contributed by atoms with van der Waals surface area (Å²) in [6, 6.07) is 10.4. The third-order valence-corrected chi connectivity index (χ3v) is 2.72. The first-order chi connectivity index (χ1) is 8.75. The zero-order chi connectivity index (χ0) is 12.8. The van der Waals surface area contributed by atoms with Gasteiger partial charge < -0.3 is 10.4 Å². The first-order valence-corrected chi connectivity index (χ1v) is 6.06. The van der Waals surface area contributed by atoms with Gasteiger partial charge in [0.15, 0.2) is 5.75 Å². The van der Waals surface area contributed by atoms with Gasteiger partial charge in [-0.25, -0.2) is 9.97 Å². The van der Waals surface area contributed by atoms with Crippen LogP contribution in [-0.4, -0.2) is 21.6 Å². The Hall–Kier alpha value is -2.10. The molecule has 0 atom stereocenters. The van der Waals surface area contributed by atoms with Crippen LogP contribution in [0, 0.1) is 6.92 Å². The molecule has 18 heavy (non-hydrogen) atoms. The van der Waals surface area contributed by atoms with Crippen molar-refractivity contribution in [2.24, 2.45) is 0 Å². The van der Waals surface area contributed by atoms with Gasteiger partial charge in [-0.05, 0) is 25.3 Å². The van der Waals surface area contributed by atoms with Crippen LogP contribution in [-0.2, 0) is 6.42 Å². The van der Waals surface area contributed by atoms with E-state index in [1.165, 1.54) is 11.8 Å². The normalized spacial score (nSPS) is 10.3. The van der Waals surface area contributed by atoms with Crippen LogP contribution in [0.5, 0.6) is 5.75 Å². The summed E-state index contributed by atoms with van der Waals surface area (Å²) < 4.78 is 0. The second-order valence-corrected chi connectivity index (χ2v) is 4.18. The molecule has 0 fully saturated rings. The fourth-order valence-corrected chi connectivity index (χ4v) is 1.68. The molecule has 94 valence electrons. The van der Waals surface area contributed by atoms with Gasteiger partial charge in [0.2, 0.25) is 5.95 Å². The second kappa shape index (κ2) is 6.00. The summed E-state index contributed by atoms with van der Waals surface area (Å²) in [6.07, 6.45) is 3.47. The van der Waals surface area contributed by atoms with Gasteiger partial charge in [0, 0.05) is 6.54 Å². The van der Waals surface area contributed by atoms with E-state index in [4.69, 9.17) is 0 Å². The Bertz CT molecular complexity index is 500. The van der Waals surface area contributed by atoms with Crippen molar-refractivity contribution < 1.29 is 5.11 Å². The molecular weight excluding hydrogens is 226 g/mol. The van der Waals surface area contributed by atoms with Crippen molar-refractivity contribution in [1.82, 2.24) is 9.97 Å². The minimum absolute atomic E-state index is 0.129. The number of hydrogen-bond donors (Lipinski definition) is 2.